The zero-order chi connectivity index (χ0) is 10.7. The van der Waals surface area contributed by atoms with E-state index in [1.165, 1.54) is 45.1 Å². The SMILES string of the molecule is COS1(OC)CCCN1C1CCCCC1. The van der Waals surface area contributed by atoms with E-state index in [1.54, 1.807) is 14.2 Å². The fraction of sp³-hybridized carbons (Fsp3) is 1.00. The highest BCUT2D eigenvalue weighted by Crippen LogP contribution is 2.58. The molecule has 0 amide bonds. The van der Waals surface area contributed by atoms with Crippen molar-refractivity contribution < 1.29 is 8.37 Å². The first-order chi connectivity index (χ1) is 7.32. The molecule has 3 nitrogen and oxygen atoms in total. The van der Waals surface area contributed by atoms with Crippen molar-refractivity contribution in [3.05, 3.63) is 0 Å². The Morgan fingerprint density at radius 1 is 1.00 bits per heavy atom. The summed E-state index contributed by atoms with van der Waals surface area (Å²) in [5.74, 6) is 1.09. The Kier molecular flexibility index (Phi) is 3.93. The van der Waals surface area contributed by atoms with Crippen LogP contribution < -0.4 is 0 Å². The minimum absolute atomic E-state index is 0.719. The Morgan fingerprint density at radius 3 is 2.27 bits per heavy atom. The van der Waals surface area contributed by atoms with Gasteiger partial charge in [-0.25, -0.2) is 4.31 Å². The van der Waals surface area contributed by atoms with Crippen LogP contribution >= 0.6 is 10.8 Å². The van der Waals surface area contributed by atoms with E-state index in [0.29, 0.717) is 0 Å². The maximum Gasteiger partial charge on any atom is 0.0620 e. The maximum absolute atomic E-state index is 5.70. The number of hydrogen-bond acceptors (Lipinski definition) is 3. The molecule has 0 aromatic rings. The van der Waals surface area contributed by atoms with Gasteiger partial charge in [-0.3, -0.25) is 8.37 Å². The Morgan fingerprint density at radius 2 is 1.67 bits per heavy atom. The molecule has 2 aliphatic rings. The van der Waals surface area contributed by atoms with Crippen molar-refractivity contribution in [2.24, 2.45) is 0 Å². The van der Waals surface area contributed by atoms with Gasteiger partial charge in [-0.1, -0.05) is 19.3 Å². The second-order valence-corrected chi connectivity index (χ2v) is 7.11. The Labute approximate surface area is 95.0 Å². The summed E-state index contributed by atoms with van der Waals surface area (Å²) in [6.45, 7) is 1.17. The molecular weight excluding hydrogens is 210 g/mol. The lowest BCUT2D eigenvalue weighted by atomic mass is 9.95. The van der Waals surface area contributed by atoms with Crippen LogP contribution in [0, 0.1) is 0 Å². The molecule has 1 heterocycles. The van der Waals surface area contributed by atoms with Crippen LogP contribution in [-0.4, -0.2) is 36.9 Å². The van der Waals surface area contributed by atoms with Gasteiger partial charge < -0.3 is 0 Å². The van der Waals surface area contributed by atoms with Crippen molar-refractivity contribution in [3.63, 3.8) is 0 Å². The standard InChI is InChI=1S/C11H23NO2S/c1-13-15(14-2)10-6-9-12(15)11-7-4-3-5-8-11/h11H,3-10H2,1-2H3. The van der Waals surface area contributed by atoms with Crippen molar-refractivity contribution in [2.75, 3.05) is 26.5 Å². The lowest BCUT2D eigenvalue weighted by molar-refractivity contribution is 0.223. The molecule has 90 valence electrons. The third-order valence-corrected chi connectivity index (χ3v) is 6.68. The largest absolute Gasteiger partial charge is 0.274 e. The third-order valence-electron chi connectivity index (χ3n) is 3.64. The second-order valence-electron chi connectivity index (χ2n) is 4.41. The van der Waals surface area contributed by atoms with Gasteiger partial charge >= 0.3 is 0 Å². The summed E-state index contributed by atoms with van der Waals surface area (Å²) in [4.78, 5) is 0. The molecule has 0 bridgehead atoms. The van der Waals surface area contributed by atoms with E-state index in [-0.39, 0.29) is 0 Å². The first-order valence-electron chi connectivity index (χ1n) is 6.01. The van der Waals surface area contributed by atoms with E-state index in [2.05, 4.69) is 4.31 Å². The number of hydrogen-bond donors (Lipinski definition) is 0. The van der Waals surface area contributed by atoms with Crippen LogP contribution in [0.5, 0.6) is 0 Å². The molecule has 0 atom stereocenters. The van der Waals surface area contributed by atoms with Gasteiger partial charge in [-0.2, -0.15) is 0 Å². The van der Waals surface area contributed by atoms with E-state index in [1.807, 2.05) is 0 Å². The molecule has 0 radical (unpaired) electrons. The summed E-state index contributed by atoms with van der Waals surface area (Å²) < 4.78 is 13.9. The molecule has 4 heteroatoms. The highest BCUT2D eigenvalue weighted by Gasteiger charge is 2.38. The molecule has 1 saturated carbocycles. The minimum Gasteiger partial charge on any atom is -0.274 e. The summed E-state index contributed by atoms with van der Waals surface area (Å²) >= 11 is 0. The van der Waals surface area contributed by atoms with E-state index < -0.39 is 10.8 Å². The zero-order valence-electron chi connectivity index (χ0n) is 9.91. The molecule has 1 saturated heterocycles. The average molecular weight is 233 g/mol. The van der Waals surface area contributed by atoms with Crippen LogP contribution in [0.15, 0.2) is 0 Å². The van der Waals surface area contributed by atoms with Gasteiger partial charge in [0.15, 0.2) is 0 Å². The van der Waals surface area contributed by atoms with Gasteiger partial charge in [0.25, 0.3) is 0 Å². The van der Waals surface area contributed by atoms with Crippen LogP contribution in [0.25, 0.3) is 0 Å². The fourth-order valence-corrected chi connectivity index (χ4v) is 5.52. The van der Waals surface area contributed by atoms with Crippen molar-refractivity contribution in [3.8, 4) is 0 Å². The first-order valence-corrected chi connectivity index (χ1v) is 7.62. The molecule has 0 N–H and O–H groups in total. The topological polar surface area (TPSA) is 21.7 Å². The summed E-state index contributed by atoms with van der Waals surface area (Å²) in [6, 6.07) is 0.719. The quantitative estimate of drug-likeness (QED) is 0.748. The van der Waals surface area contributed by atoms with E-state index in [0.717, 1.165) is 11.8 Å². The second kappa shape index (κ2) is 5.04. The number of rotatable bonds is 3. The van der Waals surface area contributed by atoms with Gasteiger partial charge in [-0.15, -0.1) is 10.8 Å². The maximum atomic E-state index is 5.70. The molecule has 1 aliphatic carbocycles. The smallest absolute Gasteiger partial charge is 0.0620 e. The molecule has 0 unspecified atom stereocenters. The van der Waals surface area contributed by atoms with Gasteiger partial charge in [0.2, 0.25) is 0 Å². The summed E-state index contributed by atoms with van der Waals surface area (Å²) in [5.41, 5.74) is 0. The summed E-state index contributed by atoms with van der Waals surface area (Å²) in [5, 5.41) is 0. The van der Waals surface area contributed by atoms with Gasteiger partial charge in [0, 0.05) is 12.6 Å². The van der Waals surface area contributed by atoms with Crippen LogP contribution in [0.2, 0.25) is 0 Å². The van der Waals surface area contributed by atoms with Gasteiger partial charge in [0.05, 0.1) is 20.0 Å². The van der Waals surface area contributed by atoms with Crippen LogP contribution in [0.4, 0.5) is 0 Å². The lowest BCUT2D eigenvalue weighted by Crippen LogP contribution is -2.37. The van der Waals surface area contributed by atoms with Crippen molar-refractivity contribution in [1.29, 1.82) is 0 Å². The number of nitrogens with zero attached hydrogens (tertiary/aromatic N) is 1. The Bertz CT molecular complexity index is 203. The van der Waals surface area contributed by atoms with Crippen molar-refractivity contribution >= 4 is 10.8 Å². The molecular formula is C11H23NO2S. The van der Waals surface area contributed by atoms with E-state index in [4.69, 9.17) is 8.37 Å². The highest BCUT2D eigenvalue weighted by molar-refractivity contribution is 8.24. The molecule has 0 aromatic heterocycles. The first kappa shape index (κ1) is 11.7. The molecule has 1 aliphatic heterocycles. The summed E-state index contributed by atoms with van der Waals surface area (Å²) in [7, 11) is 2.27. The van der Waals surface area contributed by atoms with Gasteiger partial charge in [-0.05, 0) is 19.3 Å². The molecule has 15 heavy (non-hydrogen) atoms. The molecule has 2 rings (SSSR count). The predicted octanol–water partition coefficient (Wildman–Crippen LogP) is 2.87. The van der Waals surface area contributed by atoms with Crippen molar-refractivity contribution in [1.82, 2.24) is 4.31 Å². The Hall–Kier alpha value is 0.230. The monoisotopic (exact) mass is 233 g/mol. The van der Waals surface area contributed by atoms with Crippen LogP contribution in [-0.2, 0) is 8.37 Å². The molecule has 0 aromatic carbocycles. The normalized spacial score (nSPS) is 30.5. The van der Waals surface area contributed by atoms with E-state index in [9.17, 15) is 0 Å². The highest BCUT2D eigenvalue weighted by atomic mass is 32.3. The van der Waals surface area contributed by atoms with E-state index >= 15 is 0 Å². The fourth-order valence-electron chi connectivity index (χ4n) is 2.86. The summed E-state index contributed by atoms with van der Waals surface area (Å²) in [6.07, 6.45) is 8.07. The zero-order valence-corrected chi connectivity index (χ0v) is 10.7. The average Bonchev–Trinajstić information content (AvgIpc) is 2.74. The van der Waals surface area contributed by atoms with Gasteiger partial charge in [0.1, 0.15) is 0 Å². The predicted molar refractivity (Wildman–Crippen MR) is 64.7 cm³/mol. The van der Waals surface area contributed by atoms with Crippen molar-refractivity contribution in [2.45, 2.75) is 44.6 Å². The molecule has 0 spiro atoms. The van der Waals surface area contributed by atoms with Crippen LogP contribution in [0.3, 0.4) is 0 Å². The Balaban J connectivity index is 2.05. The third kappa shape index (κ3) is 2.18. The molecule has 2 fully saturated rings. The lowest BCUT2D eigenvalue weighted by Gasteiger charge is -2.48. The minimum atomic E-state index is -1.34. The van der Waals surface area contributed by atoms with Crippen LogP contribution in [0.1, 0.15) is 38.5 Å².